The largest absolute Gasteiger partial charge is 0.497 e. The maximum absolute atomic E-state index is 10.4. The van der Waals surface area contributed by atoms with Crippen molar-refractivity contribution in [2.45, 2.75) is 6.61 Å². The molecule has 0 atom stereocenters. The van der Waals surface area contributed by atoms with Gasteiger partial charge in [-0.25, -0.2) is 0 Å². The minimum atomic E-state index is 0.312. The minimum Gasteiger partial charge on any atom is -0.497 e. The van der Waals surface area contributed by atoms with E-state index >= 15 is 0 Å². The Balaban J connectivity index is 1.62. The Kier molecular flexibility index (Phi) is 4.76. The van der Waals surface area contributed by atoms with Crippen LogP contribution in [-0.4, -0.2) is 18.7 Å². The maximum Gasteiger partial charge on any atom is 0.231 e. The molecule has 122 valence electrons. The maximum atomic E-state index is 10.4. The second-order valence-electron chi connectivity index (χ2n) is 5.00. The number of benzene rings is 2. The molecular formula is C18H16N2O4. The first-order valence-electron chi connectivity index (χ1n) is 7.31. The lowest BCUT2D eigenvalue weighted by Gasteiger charge is -2.07. The standard InChI is InChI=1S/C18H16N2O4/c1-22-15-6-8-16(9-7-15)23-11-13-2-4-14(5-3-13)17-10-18(19-12-21)24-20-17/h2-10,12H,11H2,1H3,(H,19,21). The van der Waals surface area contributed by atoms with Gasteiger partial charge >= 0.3 is 0 Å². The van der Waals surface area contributed by atoms with Crippen LogP contribution in [0.4, 0.5) is 5.88 Å². The molecule has 0 aliphatic carbocycles. The number of methoxy groups -OCH3 is 1. The Bertz CT molecular complexity index is 795. The summed E-state index contributed by atoms with van der Waals surface area (Å²) in [5.74, 6) is 1.88. The lowest BCUT2D eigenvalue weighted by Crippen LogP contribution is -1.95. The lowest BCUT2D eigenvalue weighted by atomic mass is 10.1. The van der Waals surface area contributed by atoms with E-state index in [-0.39, 0.29) is 0 Å². The zero-order valence-electron chi connectivity index (χ0n) is 13.1. The SMILES string of the molecule is COc1ccc(OCc2ccc(-c3cc(NC=O)on3)cc2)cc1. The molecule has 24 heavy (non-hydrogen) atoms. The average molecular weight is 324 g/mol. The number of carbonyl (C=O) groups is 1. The molecule has 1 heterocycles. The van der Waals surface area contributed by atoms with Crippen molar-refractivity contribution in [3.05, 3.63) is 60.2 Å². The third kappa shape index (κ3) is 3.73. The van der Waals surface area contributed by atoms with E-state index in [1.807, 2.05) is 48.5 Å². The van der Waals surface area contributed by atoms with Gasteiger partial charge in [0.1, 0.15) is 23.8 Å². The molecule has 3 aromatic rings. The fourth-order valence-electron chi connectivity index (χ4n) is 2.15. The highest BCUT2D eigenvalue weighted by molar-refractivity contribution is 5.71. The first-order valence-corrected chi connectivity index (χ1v) is 7.31. The van der Waals surface area contributed by atoms with E-state index < -0.39 is 0 Å². The molecule has 2 aromatic carbocycles. The highest BCUT2D eigenvalue weighted by Crippen LogP contribution is 2.23. The zero-order valence-corrected chi connectivity index (χ0v) is 13.1. The number of ether oxygens (including phenoxy) is 2. The van der Waals surface area contributed by atoms with Crippen molar-refractivity contribution in [2.75, 3.05) is 12.4 Å². The molecule has 1 N–H and O–H groups in total. The number of nitrogens with zero attached hydrogens (tertiary/aromatic N) is 1. The van der Waals surface area contributed by atoms with Crippen LogP contribution in [0.3, 0.4) is 0 Å². The van der Waals surface area contributed by atoms with Gasteiger partial charge in [-0.15, -0.1) is 0 Å². The molecule has 1 aromatic heterocycles. The number of hydrogen-bond donors (Lipinski definition) is 1. The molecule has 1 amide bonds. The van der Waals surface area contributed by atoms with Gasteiger partial charge < -0.3 is 14.0 Å². The van der Waals surface area contributed by atoms with Gasteiger partial charge in [0.15, 0.2) is 0 Å². The van der Waals surface area contributed by atoms with Crippen LogP contribution >= 0.6 is 0 Å². The Morgan fingerprint density at radius 2 is 1.79 bits per heavy atom. The van der Waals surface area contributed by atoms with E-state index in [1.165, 1.54) is 0 Å². The van der Waals surface area contributed by atoms with E-state index in [4.69, 9.17) is 14.0 Å². The second kappa shape index (κ2) is 7.32. The smallest absolute Gasteiger partial charge is 0.231 e. The van der Waals surface area contributed by atoms with Crippen LogP contribution in [0.5, 0.6) is 11.5 Å². The number of rotatable bonds is 7. The molecule has 0 unspecified atom stereocenters. The van der Waals surface area contributed by atoms with Crippen LogP contribution in [-0.2, 0) is 11.4 Å². The van der Waals surface area contributed by atoms with Crippen molar-refractivity contribution < 1.29 is 18.8 Å². The van der Waals surface area contributed by atoms with E-state index in [0.29, 0.717) is 24.6 Å². The van der Waals surface area contributed by atoms with Crippen LogP contribution in [0.1, 0.15) is 5.56 Å². The van der Waals surface area contributed by atoms with E-state index in [0.717, 1.165) is 22.6 Å². The third-order valence-corrected chi connectivity index (χ3v) is 3.43. The highest BCUT2D eigenvalue weighted by atomic mass is 16.5. The van der Waals surface area contributed by atoms with Crippen LogP contribution < -0.4 is 14.8 Å². The van der Waals surface area contributed by atoms with Crippen LogP contribution in [0.25, 0.3) is 11.3 Å². The van der Waals surface area contributed by atoms with Crippen LogP contribution in [0.2, 0.25) is 0 Å². The fourth-order valence-corrected chi connectivity index (χ4v) is 2.15. The van der Waals surface area contributed by atoms with Crippen LogP contribution in [0.15, 0.2) is 59.1 Å². The Labute approximate surface area is 139 Å². The average Bonchev–Trinajstić information content (AvgIpc) is 3.10. The van der Waals surface area contributed by atoms with Gasteiger partial charge in [-0.1, -0.05) is 29.4 Å². The fraction of sp³-hybridized carbons (Fsp3) is 0.111. The summed E-state index contributed by atoms with van der Waals surface area (Å²) in [5.41, 5.74) is 2.58. The Morgan fingerprint density at radius 3 is 2.46 bits per heavy atom. The summed E-state index contributed by atoms with van der Waals surface area (Å²) in [6, 6.07) is 16.9. The molecule has 0 aliphatic heterocycles. The molecule has 0 bridgehead atoms. The number of hydrogen-bond acceptors (Lipinski definition) is 5. The summed E-state index contributed by atoms with van der Waals surface area (Å²) in [5, 5.41) is 6.32. The summed E-state index contributed by atoms with van der Waals surface area (Å²) in [4.78, 5) is 10.4. The lowest BCUT2D eigenvalue weighted by molar-refractivity contribution is -0.105. The van der Waals surface area contributed by atoms with Gasteiger partial charge in [-0.2, -0.15) is 0 Å². The van der Waals surface area contributed by atoms with E-state index in [1.54, 1.807) is 13.2 Å². The van der Waals surface area contributed by atoms with Gasteiger partial charge in [-0.3, -0.25) is 10.1 Å². The summed E-state index contributed by atoms with van der Waals surface area (Å²) < 4.78 is 15.8. The molecular weight excluding hydrogens is 308 g/mol. The van der Waals surface area contributed by atoms with Crippen molar-refractivity contribution >= 4 is 12.3 Å². The summed E-state index contributed by atoms with van der Waals surface area (Å²) in [6.45, 7) is 0.462. The molecule has 0 spiro atoms. The number of nitrogens with one attached hydrogen (secondary N) is 1. The number of aromatic nitrogens is 1. The molecule has 0 saturated heterocycles. The molecule has 0 radical (unpaired) electrons. The second-order valence-corrected chi connectivity index (χ2v) is 5.00. The van der Waals surface area contributed by atoms with E-state index in [9.17, 15) is 4.79 Å². The first kappa shape index (κ1) is 15.6. The molecule has 0 fully saturated rings. The van der Waals surface area contributed by atoms with Crippen molar-refractivity contribution in [3.8, 4) is 22.8 Å². The molecule has 0 saturated carbocycles. The summed E-state index contributed by atoms with van der Waals surface area (Å²) in [6.07, 6.45) is 0.546. The summed E-state index contributed by atoms with van der Waals surface area (Å²) >= 11 is 0. The number of carbonyl (C=O) groups excluding carboxylic acids is 1. The highest BCUT2D eigenvalue weighted by Gasteiger charge is 2.06. The van der Waals surface area contributed by atoms with Gasteiger partial charge in [0, 0.05) is 11.6 Å². The third-order valence-electron chi connectivity index (χ3n) is 3.43. The van der Waals surface area contributed by atoms with Crippen LogP contribution in [0, 0.1) is 0 Å². The van der Waals surface area contributed by atoms with Crippen molar-refractivity contribution in [3.63, 3.8) is 0 Å². The topological polar surface area (TPSA) is 73.6 Å². The first-order chi connectivity index (χ1) is 11.8. The van der Waals surface area contributed by atoms with Crippen molar-refractivity contribution in [1.29, 1.82) is 0 Å². The predicted octanol–water partition coefficient (Wildman–Crippen LogP) is 3.50. The molecule has 3 rings (SSSR count). The van der Waals surface area contributed by atoms with Gasteiger partial charge in [0.2, 0.25) is 12.3 Å². The predicted molar refractivity (Wildman–Crippen MR) is 89.0 cm³/mol. The van der Waals surface area contributed by atoms with Gasteiger partial charge in [-0.05, 0) is 29.8 Å². The molecule has 6 heteroatoms. The molecule has 0 aliphatic rings. The zero-order chi connectivity index (χ0) is 16.8. The van der Waals surface area contributed by atoms with Crippen molar-refractivity contribution in [2.24, 2.45) is 0 Å². The quantitative estimate of drug-likeness (QED) is 0.673. The van der Waals surface area contributed by atoms with E-state index in [2.05, 4.69) is 10.5 Å². The summed E-state index contributed by atoms with van der Waals surface area (Å²) in [7, 11) is 1.63. The molecule has 6 nitrogen and oxygen atoms in total. The minimum absolute atomic E-state index is 0.312. The Hall–Kier alpha value is -3.28. The van der Waals surface area contributed by atoms with Gasteiger partial charge in [0.05, 0.1) is 7.11 Å². The number of amides is 1. The monoisotopic (exact) mass is 324 g/mol. The number of anilines is 1. The van der Waals surface area contributed by atoms with Crippen molar-refractivity contribution in [1.82, 2.24) is 5.16 Å². The normalized spacial score (nSPS) is 10.2. The Morgan fingerprint density at radius 1 is 1.08 bits per heavy atom. The van der Waals surface area contributed by atoms with Gasteiger partial charge in [0.25, 0.3) is 0 Å².